The zero-order valence-corrected chi connectivity index (χ0v) is 19.4. The number of hydrogen-bond acceptors (Lipinski definition) is 4. The standard InChI is InChI=1S/C25H28ClN3O2/c1-24(2)22(28-21(30)15-6-7-17-13-29(5)14-18(17)10-15)25(3,4)23(24)31-19-9-8-16(12-27)20(26)11-19/h6-11,22-23H,13-14H2,1-5H3,(H,28,30). The number of nitrogens with zero attached hydrogens (tertiary/aromatic N) is 2. The lowest BCUT2D eigenvalue weighted by atomic mass is 9.49. The fraction of sp³-hybridized carbons (Fsp3) is 0.440. The fourth-order valence-electron chi connectivity index (χ4n) is 5.52. The van der Waals surface area contributed by atoms with E-state index in [-0.39, 0.29) is 28.9 Å². The van der Waals surface area contributed by atoms with Crippen molar-refractivity contribution in [3.05, 3.63) is 63.7 Å². The van der Waals surface area contributed by atoms with E-state index in [0.717, 1.165) is 13.1 Å². The van der Waals surface area contributed by atoms with Crippen molar-refractivity contribution in [1.82, 2.24) is 10.2 Å². The predicted molar refractivity (Wildman–Crippen MR) is 121 cm³/mol. The number of ether oxygens (including phenoxy) is 1. The van der Waals surface area contributed by atoms with E-state index in [1.807, 2.05) is 12.1 Å². The number of benzene rings is 2. The van der Waals surface area contributed by atoms with Crippen LogP contribution >= 0.6 is 11.6 Å². The Bertz CT molecular complexity index is 1070. The summed E-state index contributed by atoms with van der Waals surface area (Å²) in [6, 6.07) is 13.1. The lowest BCUT2D eigenvalue weighted by Crippen LogP contribution is -2.74. The second-order valence-corrected chi connectivity index (χ2v) is 10.4. The molecule has 0 atom stereocenters. The predicted octanol–water partition coefficient (Wildman–Crippen LogP) is 4.77. The van der Waals surface area contributed by atoms with Crippen LogP contribution in [-0.2, 0) is 13.1 Å². The molecule has 2 aromatic carbocycles. The number of fused-ring (bicyclic) bond motifs is 1. The lowest BCUT2D eigenvalue weighted by Gasteiger charge is -2.63. The van der Waals surface area contributed by atoms with Gasteiger partial charge < -0.3 is 10.1 Å². The van der Waals surface area contributed by atoms with E-state index in [9.17, 15) is 4.79 Å². The molecular formula is C25H28ClN3O2. The maximum absolute atomic E-state index is 13.1. The van der Waals surface area contributed by atoms with Gasteiger partial charge in [0, 0.05) is 41.6 Å². The van der Waals surface area contributed by atoms with Gasteiger partial charge in [0.25, 0.3) is 5.91 Å². The molecule has 0 unspecified atom stereocenters. The number of hydrogen-bond donors (Lipinski definition) is 1. The first kappa shape index (κ1) is 21.7. The highest BCUT2D eigenvalue weighted by Crippen LogP contribution is 2.55. The first-order chi connectivity index (χ1) is 14.5. The van der Waals surface area contributed by atoms with Crippen LogP contribution in [0, 0.1) is 22.2 Å². The Kier molecular flexibility index (Phi) is 5.28. The van der Waals surface area contributed by atoms with Gasteiger partial charge in [0.2, 0.25) is 0 Å². The lowest BCUT2D eigenvalue weighted by molar-refractivity contribution is -0.164. The second-order valence-electron chi connectivity index (χ2n) is 9.96. The number of nitrogens with one attached hydrogen (secondary N) is 1. The minimum atomic E-state index is -0.281. The summed E-state index contributed by atoms with van der Waals surface area (Å²) in [5, 5.41) is 12.7. The topological polar surface area (TPSA) is 65.4 Å². The van der Waals surface area contributed by atoms with Crippen LogP contribution in [0.2, 0.25) is 5.02 Å². The molecule has 1 fully saturated rings. The van der Waals surface area contributed by atoms with E-state index in [4.69, 9.17) is 21.6 Å². The van der Waals surface area contributed by atoms with Crippen molar-refractivity contribution in [2.45, 2.75) is 52.9 Å². The number of rotatable bonds is 4. The van der Waals surface area contributed by atoms with Crippen LogP contribution in [0.25, 0.3) is 0 Å². The van der Waals surface area contributed by atoms with Gasteiger partial charge >= 0.3 is 0 Å². The van der Waals surface area contributed by atoms with Crippen molar-refractivity contribution in [1.29, 1.82) is 5.26 Å². The van der Waals surface area contributed by atoms with E-state index < -0.39 is 0 Å². The maximum atomic E-state index is 13.1. The number of halogens is 1. The second kappa shape index (κ2) is 7.55. The summed E-state index contributed by atoms with van der Waals surface area (Å²) < 4.78 is 6.30. The summed E-state index contributed by atoms with van der Waals surface area (Å²) in [7, 11) is 2.08. The van der Waals surface area contributed by atoms with Gasteiger partial charge in [-0.1, -0.05) is 45.4 Å². The third-order valence-electron chi connectivity index (χ3n) is 6.78. The Labute approximate surface area is 189 Å². The van der Waals surface area contributed by atoms with Crippen LogP contribution in [0.3, 0.4) is 0 Å². The van der Waals surface area contributed by atoms with Crippen molar-refractivity contribution in [2.75, 3.05) is 7.05 Å². The molecule has 162 valence electrons. The Hall–Kier alpha value is -2.55. The maximum Gasteiger partial charge on any atom is 0.251 e. The van der Waals surface area contributed by atoms with Crippen molar-refractivity contribution in [3.8, 4) is 11.8 Å². The van der Waals surface area contributed by atoms with Gasteiger partial charge in [-0.15, -0.1) is 0 Å². The van der Waals surface area contributed by atoms with Crippen LogP contribution in [-0.4, -0.2) is 30.0 Å². The molecule has 5 nitrogen and oxygen atoms in total. The zero-order chi connectivity index (χ0) is 22.6. The normalized spacial score (nSPS) is 23.4. The Balaban J connectivity index is 1.49. The summed E-state index contributed by atoms with van der Waals surface area (Å²) in [6.07, 6.45) is -0.122. The first-order valence-corrected chi connectivity index (χ1v) is 10.9. The quantitative estimate of drug-likeness (QED) is 0.748. The van der Waals surface area contributed by atoms with E-state index in [0.29, 0.717) is 21.9 Å². The van der Waals surface area contributed by atoms with Crippen LogP contribution in [0.1, 0.15) is 54.7 Å². The van der Waals surface area contributed by atoms with Crippen LogP contribution in [0.5, 0.6) is 5.75 Å². The number of nitriles is 1. The first-order valence-electron chi connectivity index (χ1n) is 10.5. The number of carbonyl (C=O) groups is 1. The molecule has 2 aromatic rings. The van der Waals surface area contributed by atoms with E-state index >= 15 is 0 Å². The Morgan fingerprint density at radius 1 is 1.13 bits per heavy atom. The molecule has 0 spiro atoms. The molecule has 0 radical (unpaired) electrons. The molecule has 2 aliphatic rings. The smallest absolute Gasteiger partial charge is 0.251 e. The molecule has 1 saturated carbocycles. The molecule has 1 aliphatic carbocycles. The molecule has 0 bridgehead atoms. The molecule has 1 N–H and O–H groups in total. The van der Waals surface area contributed by atoms with Crippen molar-refractivity contribution < 1.29 is 9.53 Å². The molecule has 4 rings (SSSR count). The summed E-state index contributed by atoms with van der Waals surface area (Å²) in [6.45, 7) is 10.2. The van der Waals surface area contributed by atoms with Gasteiger partial charge in [0.1, 0.15) is 17.9 Å². The fourth-order valence-corrected chi connectivity index (χ4v) is 5.73. The minimum Gasteiger partial charge on any atom is -0.489 e. The average Bonchev–Trinajstić information content (AvgIpc) is 3.08. The summed E-state index contributed by atoms with van der Waals surface area (Å²) in [5.41, 5.74) is 3.07. The molecular weight excluding hydrogens is 410 g/mol. The highest BCUT2D eigenvalue weighted by atomic mass is 35.5. The molecule has 1 aliphatic heterocycles. The Morgan fingerprint density at radius 2 is 1.81 bits per heavy atom. The summed E-state index contributed by atoms with van der Waals surface area (Å²) in [5.74, 6) is 0.575. The molecule has 1 heterocycles. The highest BCUT2D eigenvalue weighted by Gasteiger charge is 2.64. The Morgan fingerprint density at radius 3 is 2.45 bits per heavy atom. The minimum absolute atomic E-state index is 0.0524. The van der Waals surface area contributed by atoms with Gasteiger partial charge in [-0.25, -0.2) is 0 Å². The van der Waals surface area contributed by atoms with Gasteiger partial charge in [-0.2, -0.15) is 5.26 Å². The highest BCUT2D eigenvalue weighted by molar-refractivity contribution is 6.31. The SMILES string of the molecule is CN1Cc2ccc(C(=O)NC3C(C)(C)C(Oc4ccc(C#N)c(Cl)c4)C3(C)C)cc2C1. The van der Waals surface area contributed by atoms with Gasteiger partial charge in [-0.3, -0.25) is 9.69 Å². The van der Waals surface area contributed by atoms with Crippen molar-refractivity contribution in [2.24, 2.45) is 10.8 Å². The van der Waals surface area contributed by atoms with E-state index in [1.54, 1.807) is 18.2 Å². The number of carbonyl (C=O) groups excluding carboxylic acids is 1. The van der Waals surface area contributed by atoms with E-state index in [2.05, 4.69) is 57.1 Å². The third kappa shape index (κ3) is 3.69. The van der Waals surface area contributed by atoms with Gasteiger partial charge in [0.05, 0.1) is 10.6 Å². The third-order valence-corrected chi connectivity index (χ3v) is 7.09. The summed E-state index contributed by atoms with van der Waals surface area (Å²) in [4.78, 5) is 15.3. The largest absolute Gasteiger partial charge is 0.489 e. The van der Waals surface area contributed by atoms with Gasteiger partial charge in [0.15, 0.2) is 0 Å². The van der Waals surface area contributed by atoms with Crippen LogP contribution < -0.4 is 10.1 Å². The molecule has 31 heavy (non-hydrogen) atoms. The zero-order valence-electron chi connectivity index (χ0n) is 18.6. The van der Waals surface area contributed by atoms with Crippen molar-refractivity contribution in [3.63, 3.8) is 0 Å². The monoisotopic (exact) mass is 437 g/mol. The van der Waals surface area contributed by atoms with Gasteiger partial charge in [-0.05, 0) is 42.4 Å². The molecule has 0 aromatic heterocycles. The number of amides is 1. The average molecular weight is 438 g/mol. The molecule has 0 saturated heterocycles. The van der Waals surface area contributed by atoms with Crippen LogP contribution in [0.15, 0.2) is 36.4 Å². The molecule has 6 heteroatoms. The van der Waals surface area contributed by atoms with Crippen molar-refractivity contribution >= 4 is 17.5 Å². The van der Waals surface area contributed by atoms with Crippen LogP contribution in [0.4, 0.5) is 0 Å². The van der Waals surface area contributed by atoms with E-state index in [1.165, 1.54) is 11.1 Å². The summed E-state index contributed by atoms with van der Waals surface area (Å²) >= 11 is 6.17. The molecule has 1 amide bonds.